The first-order chi connectivity index (χ1) is 15.2. The lowest BCUT2D eigenvalue weighted by Crippen LogP contribution is -2.19. The van der Waals surface area contributed by atoms with Gasteiger partial charge in [-0.25, -0.2) is 0 Å². The van der Waals surface area contributed by atoms with Crippen LogP contribution in [0.5, 0.6) is 0 Å². The fourth-order valence-corrected chi connectivity index (χ4v) is 4.13. The van der Waals surface area contributed by atoms with Crippen LogP contribution < -0.4 is 0 Å². The highest BCUT2D eigenvalue weighted by molar-refractivity contribution is 5.99. The highest BCUT2D eigenvalue weighted by atomic mass is 16.4. The number of hydrogen-bond donors (Lipinski definition) is 3. The number of aliphatic hydroxyl groups is 2. The fourth-order valence-electron chi connectivity index (χ4n) is 4.13. The second-order valence-corrected chi connectivity index (χ2v) is 8.75. The number of para-hydroxylation sites is 1. The Bertz CT molecular complexity index is 1130. The number of hydrogen-bond acceptors (Lipinski definition) is 4. The van der Waals surface area contributed by atoms with E-state index in [9.17, 15) is 15.0 Å². The number of pyridine rings is 1. The Morgan fingerprint density at radius 1 is 1.06 bits per heavy atom. The molecule has 0 saturated carbocycles. The summed E-state index contributed by atoms with van der Waals surface area (Å²) in [4.78, 5) is 15.7. The fraction of sp³-hybridized carbons (Fsp3) is 0.333. The van der Waals surface area contributed by atoms with Crippen LogP contribution in [0.1, 0.15) is 55.0 Å². The van der Waals surface area contributed by atoms with E-state index in [1.807, 2.05) is 24.3 Å². The number of carbonyl (C=O) groups is 1. The zero-order chi connectivity index (χ0) is 23.4. The predicted molar refractivity (Wildman–Crippen MR) is 129 cm³/mol. The van der Waals surface area contributed by atoms with Crippen molar-refractivity contribution in [1.82, 2.24) is 4.98 Å². The molecule has 2 atom stereocenters. The molecular weight excluding hydrogens is 402 g/mol. The number of aliphatic carboxylic acids is 1. The van der Waals surface area contributed by atoms with E-state index in [4.69, 9.17) is 10.1 Å². The number of aryl methyl sites for hydroxylation is 2. The Hall–Kier alpha value is -3.02. The Balaban J connectivity index is 2.17. The lowest BCUT2D eigenvalue weighted by molar-refractivity contribution is -0.139. The van der Waals surface area contributed by atoms with Gasteiger partial charge in [-0.1, -0.05) is 73.5 Å². The summed E-state index contributed by atoms with van der Waals surface area (Å²) in [6.45, 7) is 8.33. The minimum Gasteiger partial charge on any atom is -0.481 e. The number of aromatic nitrogens is 1. The summed E-state index contributed by atoms with van der Waals surface area (Å²) in [5, 5.41) is 30.2. The first kappa shape index (κ1) is 23.6. The molecule has 0 radical (unpaired) electrons. The first-order valence-corrected chi connectivity index (χ1v) is 10.9. The number of carboxylic acids is 1. The lowest BCUT2D eigenvalue weighted by Gasteiger charge is -2.19. The maximum Gasteiger partial charge on any atom is 0.305 e. The monoisotopic (exact) mass is 433 g/mol. The smallest absolute Gasteiger partial charge is 0.305 e. The summed E-state index contributed by atoms with van der Waals surface area (Å²) < 4.78 is 0. The normalized spacial score (nSPS) is 13.7. The SMILES string of the molecule is Cc1cc(C)cc(-c2c(/C=C/C(O)CC(O)CC(=O)O)c(C(C)C)nc3ccccc23)c1. The van der Waals surface area contributed by atoms with Gasteiger partial charge in [0.25, 0.3) is 0 Å². The molecule has 2 aromatic carbocycles. The van der Waals surface area contributed by atoms with Crippen LogP contribution in [-0.2, 0) is 4.79 Å². The molecule has 3 aromatic rings. The summed E-state index contributed by atoms with van der Waals surface area (Å²) in [6, 6.07) is 14.5. The Morgan fingerprint density at radius 2 is 1.72 bits per heavy atom. The van der Waals surface area contributed by atoms with E-state index in [-0.39, 0.29) is 12.3 Å². The van der Waals surface area contributed by atoms with E-state index >= 15 is 0 Å². The van der Waals surface area contributed by atoms with Gasteiger partial charge in [0.15, 0.2) is 0 Å². The van der Waals surface area contributed by atoms with Gasteiger partial charge in [-0.2, -0.15) is 0 Å². The van der Waals surface area contributed by atoms with Crippen LogP contribution >= 0.6 is 0 Å². The van der Waals surface area contributed by atoms with Gasteiger partial charge in [0, 0.05) is 22.9 Å². The zero-order valence-electron chi connectivity index (χ0n) is 19.0. The summed E-state index contributed by atoms with van der Waals surface area (Å²) in [5.74, 6) is -0.940. The molecule has 0 aliphatic rings. The minimum absolute atomic E-state index is 0.0420. The van der Waals surface area contributed by atoms with Crippen LogP contribution in [0.2, 0.25) is 0 Å². The van der Waals surface area contributed by atoms with Crippen molar-refractivity contribution < 1.29 is 20.1 Å². The summed E-state index contributed by atoms with van der Waals surface area (Å²) >= 11 is 0. The highest BCUT2D eigenvalue weighted by Gasteiger charge is 2.18. The van der Waals surface area contributed by atoms with Crippen LogP contribution in [0, 0.1) is 13.8 Å². The molecule has 5 nitrogen and oxygen atoms in total. The molecule has 0 amide bonds. The summed E-state index contributed by atoms with van der Waals surface area (Å²) in [5.41, 5.74) is 7.24. The Labute approximate surface area is 189 Å². The van der Waals surface area contributed by atoms with E-state index in [2.05, 4.69) is 52.0 Å². The molecular formula is C27H31NO4. The lowest BCUT2D eigenvalue weighted by atomic mass is 9.89. The van der Waals surface area contributed by atoms with E-state index in [1.165, 1.54) is 11.1 Å². The third kappa shape index (κ3) is 5.61. The molecule has 1 aromatic heterocycles. The molecule has 1 heterocycles. The number of nitrogens with zero attached hydrogens (tertiary/aromatic N) is 1. The molecule has 0 aliphatic carbocycles. The van der Waals surface area contributed by atoms with E-state index < -0.39 is 24.6 Å². The van der Waals surface area contributed by atoms with Gasteiger partial charge < -0.3 is 15.3 Å². The van der Waals surface area contributed by atoms with Crippen LogP contribution in [0.4, 0.5) is 0 Å². The molecule has 0 aliphatic heterocycles. The topological polar surface area (TPSA) is 90.7 Å². The minimum atomic E-state index is -1.11. The molecule has 0 fully saturated rings. The Kier molecular flexibility index (Phi) is 7.44. The average molecular weight is 434 g/mol. The van der Waals surface area contributed by atoms with Gasteiger partial charge in [0.2, 0.25) is 0 Å². The van der Waals surface area contributed by atoms with E-state index in [0.717, 1.165) is 33.3 Å². The van der Waals surface area contributed by atoms with Crippen molar-refractivity contribution in [3.05, 3.63) is 70.9 Å². The quantitative estimate of drug-likeness (QED) is 0.452. The third-order valence-corrected chi connectivity index (χ3v) is 5.43. The number of aliphatic hydroxyl groups excluding tert-OH is 2. The second-order valence-electron chi connectivity index (χ2n) is 8.75. The Morgan fingerprint density at radius 3 is 2.34 bits per heavy atom. The first-order valence-electron chi connectivity index (χ1n) is 10.9. The molecule has 3 rings (SSSR count). The van der Waals surface area contributed by atoms with Crippen LogP contribution in [0.25, 0.3) is 28.1 Å². The van der Waals surface area contributed by atoms with Crippen molar-refractivity contribution >= 4 is 22.9 Å². The van der Waals surface area contributed by atoms with Gasteiger partial charge in [-0.15, -0.1) is 0 Å². The van der Waals surface area contributed by atoms with Crippen molar-refractivity contribution in [2.45, 2.75) is 58.7 Å². The largest absolute Gasteiger partial charge is 0.481 e. The van der Waals surface area contributed by atoms with E-state index in [1.54, 1.807) is 6.08 Å². The van der Waals surface area contributed by atoms with Crippen molar-refractivity contribution in [2.75, 3.05) is 0 Å². The van der Waals surface area contributed by atoms with Gasteiger partial charge in [-0.3, -0.25) is 9.78 Å². The number of carboxylic acid groups (broad SMARTS) is 1. The maximum atomic E-state index is 10.8. The van der Waals surface area contributed by atoms with Crippen molar-refractivity contribution in [1.29, 1.82) is 0 Å². The average Bonchev–Trinajstić information content (AvgIpc) is 2.69. The molecule has 0 spiro atoms. The van der Waals surface area contributed by atoms with Gasteiger partial charge in [0.05, 0.1) is 29.8 Å². The van der Waals surface area contributed by atoms with Crippen molar-refractivity contribution in [3.8, 4) is 11.1 Å². The molecule has 2 unspecified atom stereocenters. The van der Waals surface area contributed by atoms with Crippen LogP contribution in [-0.4, -0.2) is 38.5 Å². The second kappa shape index (κ2) is 10.1. The van der Waals surface area contributed by atoms with Gasteiger partial charge >= 0.3 is 5.97 Å². The molecule has 0 saturated heterocycles. The molecule has 5 heteroatoms. The van der Waals surface area contributed by atoms with Crippen LogP contribution in [0.15, 0.2) is 48.5 Å². The van der Waals surface area contributed by atoms with Gasteiger partial charge in [0.1, 0.15) is 0 Å². The maximum absolute atomic E-state index is 10.8. The van der Waals surface area contributed by atoms with Crippen molar-refractivity contribution in [2.24, 2.45) is 0 Å². The molecule has 32 heavy (non-hydrogen) atoms. The number of benzene rings is 2. The zero-order valence-corrected chi connectivity index (χ0v) is 19.0. The standard InChI is InChI=1S/C27H31NO4/c1-16(2)27-23(10-9-20(29)14-21(30)15-25(31)32)26(19-12-17(3)11-18(4)13-19)22-7-5-6-8-24(22)28-27/h5-13,16,20-21,29-30H,14-15H2,1-4H3,(H,31,32)/b10-9+. The van der Waals surface area contributed by atoms with E-state index in [0.29, 0.717) is 0 Å². The highest BCUT2D eigenvalue weighted by Crippen LogP contribution is 2.37. The van der Waals surface area contributed by atoms with Crippen molar-refractivity contribution in [3.63, 3.8) is 0 Å². The molecule has 3 N–H and O–H groups in total. The molecule has 168 valence electrons. The number of rotatable bonds is 8. The number of fused-ring (bicyclic) bond motifs is 1. The summed E-state index contributed by atoms with van der Waals surface area (Å²) in [7, 11) is 0. The third-order valence-electron chi connectivity index (χ3n) is 5.43. The molecule has 0 bridgehead atoms. The van der Waals surface area contributed by atoms with Crippen LogP contribution in [0.3, 0.4) is 0 Å². The summed E-state index contributed by atoms with van der Waals surface area (Å²) in [6.07, 6.45) is 0.968. The predicted octanol–water partition coefficient (Wildman–Crippen LogP) is 5.24. The van der Waals surface area contributed by atoms with Gasteiger partial charge in [-0.05, 0) is 31.4 Å².